The summed E-state index contributed by atoms with van der Waals surface area (Å²) in [5, 5.41) is 4.22. The number of benzene rings is 1. The lowest BCUT2D eigenvalue weighted by atomic mass is 10.2. The van der Waals surface area contributed by atoms with Crippen molar-refractivity contribution in [3.8, 4) is 5.69 Å². The van der Waals surface area contributed by atoms with Crippen molar-refractivity contribution in [2.24, 2.45) is 0 Å². The average Bonchev–Trinajstić information content (AvgIpc) is 2.23. The van der Waals surface area contributed by atoms with Gasteiger partial charge in [-0.2, -0.15) is 9.78 Å². The molecule has 82 valence electrons. The van der Waals surface area contributed by atoms with Crippen LogP contribution < -0.4 is 5.56 Å². The Morgan fingerprint density at radius 1 is 1.25 bits per heavy atom. The quantitative estimate of drug-likeness (QED) is 0.804. The molecule has 1 aromatic carbocycles. The van der Waals surface area contributed by atoms with E-state index in [-0.39, 0.29) is 5.56 Å². The molecule has 0 atom stereocenters. The number of halogens is 1. The van der Waals surface area contributed by atoms with Gasteiger partial charge in [0, 0.05) is 0 Å². The number of hydrogen-bond donors (Lipinski definition) is 0. The van der Waals surface area contributed by atoms with Crippen molar-refractivity contribution >= 4 is 15.9 Å². The van der Waals surface area contributed by atoms with Crippen molar-refractivity contribution in [3.63, 3.8) is 0 Å². The molecule has 0 saturated heterocycles. The first-order chi connectivity index (χ1) is 7.58. The van der Waals surface area contributed by atoms with E-state index in [9.17, 15) is 4.79 Å². The van der Waals surface area contributed by atoms with E-state index in [0.717, 1.165) is 16.9 Å². The molecule has 0 bridgehead atoms. The van der Waals surface area contributed by atoms with E-state index >= 15 is 0 Å². The molecule has 1 heterocycles. The Morgan fingerprint density at radius 3 is 2.69 bits per heavy atom. The molecule has 0 saturated carbocycles. The number of nitrogens with zero attached hydrogens (tertiary/aromatic N) is 2. The van der Waals surface area contributed by atoms with Crippen molar-refractivity contribution in [1.29, 1.82) is 0 Å². The second-order valence-electron chi connectivity index (χ2n) is 3.69. The molecule has 1 aromatic heterocycles. The molecule has 0 fully saturated rings. The third-order valence-corrected chi connectivity index (χ3v) is 2.80. The van der Waals surface area contributed by atoms with Gasteiger partial charge in [0.25, 0.3) is 5.56 Å². The lowest BCUT2D eigenvalue weighted by Crippen LogP contribution is -2.22. The molecule has 0 radical (unpaired) electrons. The maximum Gasteiger partial charge on any atom is 0.285 e. The van der Waals surface area contributed by atoms with Crippen LogP contribution in [0.3, 0.4) is 0 Å². The molecule has 0 spiro atoms. The number of rotatable bonds is 1. The fourth-order valence-electron chi connectivity index (χ4n) is 1.51. The molecule has 4 heteroatoms. The second kappa shape index (κ2) is 4.22. The largest absolute Gasteiger partial charge is 0.285 e. The third-order valence-electron chi connectivity index (χ3n) is 2.24. The van der Waals surface area contributed by atoms with Gasteiger partial charge in [-0.25, -0.2) is 0 Å². The van der Waals surface area contributed by atoms with E-state index in [2.05, 4.69) is 21.0 Å². The van der Waals surface area contributed by atoms with E-state index in [1.807, 2.05) is 38.1 Å². The van der Waals surface area contributed by atoms with Crippen LogP contribution in [0.25, 0.3) is 5.69 Å². The average molecular weight is 279 g/mol. The molecular weight excluding hydrogens is 268 g/mol. The predicted octanol–water partition coefficient (Wildman–Crippen LogP) is 2.61. The highest BCUT2D eigenvalue weighted by Gasteiger charge is 2.05. The standard InChI is InChI=1S/C12H11BrN2O/c1-8-4-3-5-10(6-8)15-12(16)11(13)7-9(2)14-15/h3-7H,1-2H3. The van der Waals surface area contributed by atoms with Gasteiger partial charge in [-0.05, 0) is 53.5 Å². The van der Waals surface area contributed by atoms with E-state index in [1.165, 1.54) is 4.68 Å². The lowest BCUT2D eigenvalue weighted by Gasteiger charge is -2.06. The van der Waals surface area contributed by atoms with Crippen LogP contribution in [0, 0.1) is 13.8 Å². The van der Waals surface area contributed by atoms with Crippen LogP contribution in [0.5, 0.6) is 0 Å². The molecule has 2 rings (SSSR count). The van der Waals surface area contributed by atoms with Crippen LogP contribution >= 0.6 is 15.9 Å². The van der Waals surface area contributed by atoms with Gasteiger partial charge >= 0.3 is 0 Å². The van der Waals surface area contributed by atoms with E-state index in [1.54, 1.807) is 6.07 Å². The highest BCUT2D eigenvalue weighted by atomic mass is 79.9. The summed E-state index contributed by atoms with van der Waals surface area (Å²) in [5.41, 5.74) is 2.54. The first-order valence-electron chi connectivity index (χ1n) is 4.91. The highest BCUT2D eigenvalue weighted by molar-refractivity contribution is 9.10. The number of aryl methyl sites for hydroxylation is 2. The van der Waals surface area contributed by atoms with Crippen LogP contribution in [-0.2, 0) is 0 Å². The molecule has 2 aromatic rings. The van der Waals surface area contributed by atoms with Crippen LogP contribution in [0.15, 0.2) is 39.6 Å². The fraction of sp³-hybridized carbons (Fsp3) is 0.167. The maximum atomic E-state index is 11.9. The summed E-state index contributed by atoms with van der Waals surface area (Å²) < 4.78 is 1.94. The van der Waals surface area contributed by atoms with Crippen LogP contribution in [-0.4, -0.2) is 9.78 Å². The molecule has 0 aliphatic carbocycles. The van der Waals surface area contributed by atoms with Gasteiger partial charge in [-0.3, -0.25) is 4.79 Å². The minimum absolute atomic E-state index is 0.142. The van der Waals surface area contributed by atoms with E-state index in [4.69, 9.17) is 0 Å². The zero-order valence-corrected chi connectivity index (χ0v) is 10.7. The minimum atomic E-state index is -0.142. The van der Waals surface area contributed by atoms with Crippen molar-refractivity contribution in [1.82, 2.24) is 9.78 Å². The van der Waals surface area contributed by atoms with Crippen LogP contribution in [0.1, 0.15) is 11.3 Å². The molecule has 0 N–H and O–H groups in total. The van der Waals surface area contributed by atoms with Crippen molar-refractivity contribution < 1.29 is 0 Å². The Labute approximate surface area is 102 Å². The summed E-state index contributed by atoms with van der Waals surface area (Å²) in [5.74, 6) is 0. The van der Waals surface area contributed by atoms with E-state index in [0.29, 0.717) is 4.47 Å². The number of hydrogen-bond acceptors (Lipinski definition) is 2. The molecule has 0 aliphatic rings. The Morgan fingerprint density at radius 2 is 2.00 bits per heavy atom. The Hall–Kier alpha value is -1.42. The molecule has 3 nitrogen and oxygen atoms in total. The van der Waals surface area contributed by atoms with Gasteiger partial charge in [-0.1, -0.05) is 12.1 Å². The van der Waals surface area contributed by atoms with E-state index < -0.39 is 0 Å². The monoisotopic (exact) mass is 278 g/mol. The normalized spacial score (nSPS) is 10.4. The SMILES string of the molecule is Cc1cccc(-n2nc(C)cc(Br)c2=O)c1. The summed E-state index contributed by atoms with van der Waals surface area (Å²) >= 11 is 3.24. The second-order valence-corrected chi connectivity index (χ2v) is 4.54. The van der Waals surface area contributed by atoms with Crippen LogP contribution in [0.2, 0.25) is 0 Å². The Bertz CT molecular complexity index is 590. The first-order valence-corrected chi connectivity index (χ1v) is 5.71. The molecule has 0 amide bonds. The van der Waals surface area contributed by atoms with Gasteiger partial charge in [0.2, 0.25) is 0 Å². The Balaban J connectivity index is 2.69. The summed E-state index contributed by atoms with van der Waals surface area (Å²) in [4.78, 5) is 11.9. The summed E-state index contributed by atoms with van der Waals surface area (Å²) in [6.07, 6.45) is 0. The van der Waals surface area contributed by atoms with Gasteiger partial charge in [0.1, 0.15) is 0 Å². The van der Waals surface area contributed by atoms with Gasteiger partial charge in [0.05, 0.1) is 15.9 Å². The topological polar surface area (TPSA) is 34.9 Å². The zero-order chi connectivity index (χ0) is 11.7. The lowest BCUT2D eigenvalue weighted by molar-refractivity contribution is 0.778. The Kier molecular flexibility index (Phi) is 2.92. The van der Waals surface area contributed by atoms with Crippen LogP contribution in [0.4, 0.5) is 0 Å². The molecular formula is C12H11BrN2O. The van der Waals surface area contributed by atoms with Gasteiger partial charge in [-0.15, -0.1) is 0 Å². The summed E-state index contributed by atoms with van der Waals surface area (Å²) in [6.45, 7) is 3.84. The maximum absolute atomic E-state index is 11.9. The fourth-order valence-corrected chi connectivity index (χ4v) is 2.01. The van der Waals surface area contributed by atoms with Crippen molar-refractivity contribution in [3.05, 3.63) is 56.4 Å². The van der Waals surface area contributed by atoms with Gasteiger partial charge < -0.3 is 0 Å². The minimum Gasteiger partial charge on any atom is -0.266 e. The molecule has 0 unspecified atom stereocenters. The predicted molar refractivity (Wildman–Crippen MR) is 67.0 cm³/mol. The third kappa shape index (κ3) is 2.07. The number of aromatic nitrogens is 2. The summed E-state index contributed by atoms with van der Waals surface area (Å²) in [7, 11) is 0. The molecule has 16 heavy (non-hydrogen) atoms. The van der Waals surface area contributed by atoms with Gasteiger partial charge in [0.15, 0.2) is 0 Å². The zero-order valence-electron chi connectivity index (χ0n) is 9.07. The summed E-state index contributed by atoms with van der Waals surface area (Å²) in [6, 6.07) is 9.41. The smallest absolute Gasteiger partial charge is 0.266 e. The van der Waals surface area contributed by atoms with Crippen molar-refractivity contribution in [2.45, 2.75) is 13.8 Å². The van der Waals surface area contributed by atoms with Crippen molar-refractivity contribution in [2.75, 3.05) is 0 Å². The molecule has 0 aliphatic heterocycles. The highest BCUT2D eigenvalue weighted by Crippen LogP contribution is 2.10. The first kappa shape index (κ1) is 11.1.